The Morgan fingerprint density at radius 3 is 2.77 bits per heavy atom. The molecule has 140 valence electrons. The highest BCUT2D eigenvalue weighted by atomic mass is 32.1. The van der Waals surface area contributed by atoms with Crippen molar-refractivity contribution in [1.82, 2.24) is 15.2 Å². The van der Waals surface area contributed by atoms with Crippen LogP contribution in [0.1, 0.15) is 30.0 Å². The first-order chi connectivity index (χ1) is 12.7. The Hall–Kier alpha value is -2.12. The molecule has 1 aliphatic heterocycles. The van der Waals surface area contributed by atoms with Crippen molar-refractivity contribution >= 4 is 17.2 Å². The number of carbonyl (C=O) groups is 1. The van der Waals surface area contributed by atoms with E-state index in [2.05, 4.69) is 20.6 Å². The number of nitrogens with one attached hydrogen (secondary N) is 1. The minimum Gasteiger partial charge on any atom is -0.493 e. The average Bonchev–Trinajstić information content (AvgIpc) is 3.13. The van der Waals surface area contributed by atoms with E-state index in [1.165, 1.54) is 19.3 Å². The lowest BCUT2D eigenvalue weighted by molar-refractivity contribution is -0.123. The average molecular weight is 375 g/mol. The van der Waals surface area contributed by atoms with Crippen LogP contribution >= 0.6 is 11.3 Å². The molecule has 7 heteroatoms. The molecule has 1 aliphatic rings. The van der Waals surface area contributed by atoms with Crippen LogP contribution in [0.25, 0.3) is 0 Å². The SMILES string of the molecule is COc1ccccc1OCC(=O)NCc1nc(CN2CCCCC2)cs1. The standard InChI is InChI=1S/C19H25N3O3S/c1-24-16-7-3-4-8-17(16)25-13-18(23)20-11-19-21-15(14-26-19)12-22-9-5-2-6-10-22/h3-4,7-8,14H,2,5-6,9-13H2,1H3,(H,20,23). The smallest absolute Gasteiger partial charge is 0.258 e. The Labute approximate surface area is 158 Å². The molecule has 1 N–H and O–H groups in total. The van der Waals surface area contributed by atoms with Gasteiger partial charge in [-0.25, -0.2) is 4.98 Å². The van der Waals surface area contributed by atoms with Crippen molar-refractivity contribution < 1.29 is 14.3 Å². The van der Waals surface area contributed by atoms with E-state index >= 15 is 0 Å². The number of hydrogen-bond donors (Lipinski definition) is 1. The second-order valence-electron chi connectivity index (χ2n) is 6.29. The number of aromatic nitrogens is 1. The number of piperidine rings is 1. The minimum atomic E-state index is -0.177. The van der Waals surface area contributed by atoms with Crippen molar-refractivity contribution in [3.05, 3.63) is 40.3 Å². The number of ether oxygens (including phenoxy) is 2. The van der Waals surface area contributed by atoms with Gasteiger partial charge in [0.15, 0.2) is 18.1 Å². The quantitative estimate of drug-likeness (QED) is 0.769. The predicted octanol–water partition coefficient (Wildman–Crippen LogP) is 2.83. The van der Waals surface area contributed by atoms with Gasteiger partial charge in [0, 0.05) is 11.9 Å². The first kappa shape index (κ1) is 18.7. The number of thiazole rings is 1. The summed E-state index contributed by atoms with van der Waals surface area (Å²) in [7, 11) is 1.58. The van der Waals surface area contributed by atoms with Crippen LogP contribution in [0.3, 0.4) is 0 Å². The summed E-state index contributed by atoms with van der Waals surface area (Å²) < 4.78 is 10.7. The fourth-order valence-corrected chi connectivity index (χ4v) is 3.68. The van der Waals surface area contributed by atoms with Gasteiger partial charge in [-0.2, -0.15) is 0 Å². The third-order valence-electron chi connectivity index (χ3n) is 4.30. The Kier molecular flexibility index (Phi) is 6.85. The maximum Gasteiger partial charge on any atom is 0.258 e. The summed E-state index contributed by atoms with van der Waals surface area (Å²) in [5.74, 6) is 0.995. The van der Waals surface area contributed by atoms with E-state index in [0.29, 0.717) is 18.0 Å². The van der Waals surface area contributed by atoms with Gasteiger partial charge in [-0.3, -0.25) is 9.69 Å². The number of carbonyl (C=O) groups excluding carboxylic acids is 1. The number of rotatable bonds is 8. The molecule has 1 fully saturated rings. The predicted molar refractivity (Wildman–Crippen MR) is 102 cm³/mol. The lowest BCUT2D eigenvalue weighted by Crippen LogP contribution is -2.29. The van der Waals surface area contributed by atoms with Crippen LogP contribution < -0.4 is 14.8 Å². The van der Waals surface area contributed by atoms with Gasteiger partial charge in [0.25, 0.3) is 5.91 Å². The van der Waals surface area contributed by atoms with E-state index in [1.54, 1.807) is 30.6 Å². The number of hydrogen-bond acceptors (Lipinski definition) is 6. The molecule has 1 saturated heterocycles. The molecule has 1 amide bonds. The largest absolute Gasteiger partial charge is 0.493 e. The van der Waals surface area contributed by atoms with Crippen LogP contribution in [-0.2, 0) is 17.9 Å². The Morgan fingerprint density at radius 1 is 1.23 bits per heavy atom. The van der Waals surface area contributed by atoms with Crippen molar-refractivity contribution in [3.63, 3.8) is 0 Å². The molecule has 26 heavy (non-hydrogen) atoms. The Morgan fingerprint density at radius 2 is 2.00 bits per heavy atom. The first-order valence-electron chi connectivity index (χ1n) is 8.93. The summed E-state index contributed by atoms with van der Waals surface area (Å²) in [5, 5.41) is 5.86. The number of benzene rings is 1. The van der Waals surface area contributed by atoms with Gasteiger partial charge in [0.05, 0.1) is 19.3 Å². The molecule has 0 spiro atoms. The fraction of sp³-hybridized carbons (Fsp3) is 0.474. The third kappa shape index (κ3) is 5.44. The topological polar surface area (TPSA) is 63.7 Å². The van der Waals surface area contributed by atoms with E-state index in [-0.39, 0.29) is 12.5 Å². The number of methoxy groups -OCH3 is 1. The molecule has 3 rings (SSSR count). The molecule has 0 radical (unpaired) electrons. The van der Waals surface area contributed by atoms with E-state index < -0.39 is 0 Å². The summed E-state index contributed by atoms with van der Waals surface area (Å²) in [6.07, 6.45) is 3.89. The van der Waals surface area contributed by atoms with Gasteiger partial charge in [-0.1, -0.05) is 18.6 Å². The highest BCUT2D eigenvalue weighted by Gasteiger charge is 2.13. The van der Waals surface area contributed by atoms with Gasteiger partial charge >= 0.3 is 0 Å². The summed E-state index contributed by atoms with van der Waals surface area (Å²) in [6.45, 7) is 3.60. The second kappa shape index (κ2) is 9.54. The fourth-order valence-electron chi connectivity index (χ4n) is 2.96. The number of likely N-dealkylation sites (tertiary alicyclic amines) is 1. The van der Waals surface area contributed by atoms with E-state index in [4.69, 9.17) is 9.47 Å². The minimum absolute atomic E-state index is 0.0492. The van der Waals surface area contributed by atoms with Crippen molar-refractivity contribution in [3.8, 4) is 11.5 Å². The summed E-state index contributed by atoms with van der Waals surface area (Å²) in [4.78, 5) is 19.1. The molecule has 6 nitrogen and oxygen atoms in total. The highest BCUT2D eigenvalue weighted by molar-refractivity contribution is 7.09. The molecule has 0 aliphatic carbocycles. The maximum absolute atomic E-state index is 12.0. The van der Waals surface area contributed by atoms with Gasteiger partial charge < -0.3 is 14.8 Å². The van der Waals surface area contributed by atoms with E-state index in [9.17, 15) is 4.79 Å². The Bertz CT molecular complexity index is 714. The van der Waals surface area contributed by atoms with Gasteiger partial charge in [-0.05, 0) is 38.1 Å². The molecule has 2 heterocycles. The van der Waals surface area contributed by atoms with E-state index in [0.717, 1.165) is 30.3 Å². The zero-order chi connectivity index (χ0) is 18.2. The summed E-state index contributed by atoms with van der Waals surface area (Å²) in [5.41, 5.74) is 1.09. The molecular formula is C19H25N3O3S. The summed E-state index contributed by atoms with van der Waals surface area (Å²) >= 11 is 1.59. The van der Waals surface area contributed by atoms with Crippen LogP contribution in [0, 0.1) is 0 Å². The molecule has 2 aromatic rings. The van der Waals surface area contributed by atoms with Gasteiger partial charge in [0.1, 0.15) is 5.01 Å². The molecule has 0 saturated carbocycles. The lowest BCUT2D eigenvalue weighted by atomic mass is 10.1. The molecule has 1 aromatic carbocycles. The van der Waals surface area contributed by atoms with Crippen molar-refractivity contribution in [2.24, 2.45) is 0 Å². The van der Waals surface area contributed by atoms with Gasteiger partial charge in [0.2, 0.25) is 0 Å². The molecule has 1 aromatic heterocycles. The molecule has 0 unspecified atom stereocenters. The van der Waals surface area contributed by atoms with Crippen LogP contribution in [0.15, 0.2) is 29.6 Å². The zero-order valence-electron chi connectivity index (χ0n) is 15.1. The zero-order valence-corrected chi connectivity index (χ0v) is 15.9. The number of para-hydroxylation sites is 2. The van der Waals surface area contributed by atoms with Crippen molar-refractivity contribution in [1.29, 1.82) is 0 Å². The van der Waals surface area contributed by atoms with Crippen LogP contribution in [0.5, 0.6) is 11.5 Å². The summed E-state index contributed by atoms with van der Waals surface area (Å²) in [6, 6.07) is 7.28. The molecular weight excluding hydrogens is 350 g/mol. The highest BCUT2D eigenvalue weighted by Crippen LogP contribution is 2.25. The normalized spacial score (nSPS) is 14.8. The molecule has 0 bridgehead atoms. The Balaban J connectivity index is 1.41. The van der Waals surface area contributed by atoms with Crippen LogP contribution in [0.2, 0.25) is 0 Å². The molecule has 0 atom stereocenters. The lowest BCUT2D eigenvalue weighted by Gasteiger charge is -2.25. The van der Waals surface area contributed by atoms with E-state index in [1.807, 2.05) is 12.1 Å². The first-order valence-corrected chi connectivity index (χ1v) is 9.80. The van der Waals surface area contributed by atoms with Crippen LogP contribution in [0.4, 0.5) is 0 Å². The number of nitrogens with zero attached hydrogens (tertiary/aromatic N) is 2. The monoisotopic (exact) mass is 375 g/mol. The van der Waals surface area contributed by atoms with Crippen LogP contribution in [-0.4, -0.2) is 42.6 Å². The number of amides is 1. The maximum atomic E-state index is 12.0. The second-order valence-corrected chi connectivity index (χ2v) is 7.23. The van der Waals surface area contributed by atoms with Crippen molar-refractivity contribution in [2.75, 3.05) is 26.8 Å². The van der Waals surface area contributed by atoms with Gasteiger partial charge in [-0.15, -0.1) is 11.3 Å². The van der Waals surface area contributed by atoms with Crippen molar-refractivity contribution in [2.45, 2.75) is 32.4 Å². The third-order valence-corrected chi connectivity index (χ3v) is 5.20.